The van der Waals surface area contributed by atoms with Crippen LogP contribution in [0.15, 0.2) is 23.2 Å². The molecule has 7 heteroatoms. The standard InChI is InChI=1S/C19H33N3O3.HI/c1-7-20-19(21-10-11-25-14-15(2)3)22(4)13-16-8-9-17(23-5)12-18(16)24-6;/h8-9,12,15H,7,10-11,13-14H2,1-6H3,(H,20,21);1H. The highest BCUT2D eigenvalue weighted by atomic mass is 127. The van der Waals surface area contributed by atoms with Gasteiger partial charge in [0.1, 0.15) is 11.5 Å². The van der Waals surface area contributed by atoms with E-state index < -0.39 is 0 Å². The third kappa shape index (κ3) is 8.93. The fraction of sp³-hybridized carbons (Fsp3) is 0.632. The van der Waals surface area contributed by atoms with Crippen LogP contribution in [0.1, 0.15) is 26.3 Å². The van der Waals surface area contributed by atoms with Crippen LogP contribution in [0.4, 0.5) is 0 Å². The number of hydrogen-bond acceptors (Lipinski definition) is 4. The van der Waals surface area contributed by atoms with Crippen LogP contribution >= 0.6 is 24.0 Å². The number of aliphatic imine (C=N–C) groups is 1. The SMILES string of the molecule is CCNC(=NCCOCC(C)C)N(C)Cc1ccc(OC)cc1OC.I. The van der Waals surface area contributed by atoms with Crippen LogP contribution in [-0.4, -0.2) is 58.4 Å². The summed E-state index contributed by atoms with van der Waals surface area (Å²) in [7, 11) is 5.33. The summed E-state index contributed by atoms with van der Waals surface area (Å²) in [6, 6.07) is 5.85. The van der Waals surface area contributed by atoms with Crippen LogP contribution < -0.4 is 14.8 Å². The molecule has 0 amide bonds. The van der Waals surface area contributed by atoms with Crippen molar-refractivity contribution in [1.82, 2.24) is 10.2 Å². The molecule has 1 N–H and O–H groups in total. The molecule has 26 heavy (non-hydrogen) atoms. The maximum Gasteiger partial charge on any atom is 0.194 e. The molecule has 0 fully saturated rings. The Morgan fingerprint density at radius 1 is 1.23 bits per heavy atom. The maximum absolute atomic E-state index is 5.60. The average molecular weight is 479 g/mol. The molecule has 1 aromatic carbocycles. The van der Waals surface area contributed by atoms with Crippen molar-refractivity contribution in [2.24, 2.45) is 10.9 Å². The predicted octanol–water partition coefficient (Wildman–Crippen LogP) is 3.39. The molecule has 0 unspecified atom stereocenters. The zero-order valence-electron chi connectivity index (χ0n) is 16.9. The van der Waals surface area contributed by atoms with E-state index in [1.54, 1.807) is 14.2 Å². The van der Waals surface area contributed by atoms with Crippen molar-refractivity contribution in [3.63, 3.8) is 0 Å². The molecular weight excluding hydrogens is 445 g/mol. The molecule has 1 aromatic rings. The Morgan fingerprint density at radius 3 is 2.54 bits per heavy atom. The molecule has 150 valence electrons. The summed E-state index contributed by atoms with van der Waals surface area (Å²) in [5.74, 6) is 2.99. The normalized spacial score (nSPS) is 11.1. The number of rotatable bonds is 10. The average Bonchev–Trinajstić information content (AvgIpc) is 2.60. The number of benzene rings is 1. The van der Waals surface area contributed by atoms with Gasteiger partial charge in [0.05, 0.1) is 27.4 Å². The van der Waals surface area contributed by atoms with Gasteiger partial charge in [0.15, 0.2) is 5.96 Å². The monoisotopic (exact) mass is 479 g/mol. The minimum absolute atomic E-state index is 0. The zero-order chi connectivity index (χ0) is 18.7. The van der Waals surface area contributed by atoms with Crippen LogP contribution in [0.5, 0.6) is 11.5 Å². The highest BCUT2D eigenvalue weighted by molar-refractivity contribution is 14.0. The summed E-state index contributed by atoms with van der Waals surface area (Å²) in [6.07, 6.45) is 0. The molecule has 0 radical (unpaired) electrons. The fourth-order valence-corrected chi connectivity index (χ4v) is 2.32. The van der Waals surface area contributed by atoms with Gasteiger partial charge in [-0.25, -0.2) is 0 Å². The van der Waals surface area contributed by atoms with Gasteiger partial charge < -0.3 is 24.4 Å². The third-order valence-corrected chi connectivity index (χ3v) is 3.55. The molecule has 0 aliphatic heterocycles. The molecule has 0 aliphatic carbocycles. The molecule has 0 spiro atoms. The first-order chi connectivity index (χ1) is 12.0. The van der Waals surface area contributed by atoms with E-state index in [1.165, 1.54) is 0 Å². The summed E-state index contributed by atoms with van der Waals surface area (Å²) < 4.78 is 16.3. The second-order valence-corrected chi connectivity index (χ2v) is 6.24. The van der Waals surface area contributed by atoms with E-state index >= 15 is 0 Å². The number of methoxy groups -OCH3 is 2. The van der Waals surface area contributed by atoms with Gasteiger partial charge in [-0.15, -0.1) is 24.0 Å². The van der Waals surface area contributed by atoms with E-state index in [0.717, 1.165) is 36.2 Å². The van der Waals surface area contributed by atoms with E-state index in [2.05, 4.69) is 36.0 Å². The Morgan fingerprint density at radius 2 is 1.96 bits per heavy atom. The van der Waals surface area contributed by atoms with Gasteiger partial charge in [-0.3, -0.25) is 4.99 Å². The Kier molecular flexibility index (Phi) is 13.3. The fourth-order valence-electron chi connectivity index (χ4n) is 2.32. The van der Waals surface area contributed by atoms with Crippen molar-refractivity contribution in [1.29, 1.82) is 0 Å². The van der Waals surface area contributed by atoms with Gasteiger partial charge in [0.2, 0.25) is 0 Å². The summed E-state index contributed by atoms with van der Waals surface area (Å²) in [6.45, 7) is 9.89. The van der Waals surface area contributed by atoms with Crippen molar-refractivity contribution in [2.45, 2.75) is 27.3 Å². The quantitative estimate of drug-likeness (QED) is 0.241. The number of halogens is 1. The van der Waals surface area contributed by atoms with E-state index in [4.69, 9.17) is 14.2 Å². The van der Waals surface area contributed by atoms with Gasteiger partial charge in [-0.1, -0.05) is 13.8 Å². The van der Waals surface area contributed by atoms with E-state index in [9.17, 15) is 0 Å². The lowest BCUT2D eigenvalue weighted by Crippen LogP contribution is -2.38. The van der Waals surface area contributed by atoms with Crippen LogP contribution in [0.25, 0.3) is 0 Å². The lowest BCUT2D eigenvalue weighted by atomic mass is 10.2. The maximum atomic E-state index is 5.60. The van der Waals surface area contributed by atoms with Crippen LogP contribution in [0.3, 0.4) is 0 Å². The lowest BCUT2D eigenvalue weighted by Gasteiger charge is -2.23. The molecule has 0 aliphatic rings. The first-order valence-electron chi connectivity index (χ1n) is 8.79. The van der Waals surface area contributed by atoms with Gasteiger partial charge >= 0.3 is 0 Å². The number of hydrogen-bond donors (Lipinski definition) is 1. The Hall–Kier alpha value is -1.22. The molecule has 0 heterocycles. The summed E-state index contributed by atoms with van der Waals surface area (Å²) in [5.41, 5.74) is 1.08. The summed E-state index contributed by atoms with van der Waals surface area (Å²) in [5, 5.41) is 3.32. The molecule has 6 nitrogen and oxygen atoms in total. The van der Waals surface area contributed by atoms with Crippen LogP contribution in [-0.2, 0) is 11.3 Å². The molecular formula is C19H34IN3O3. The van der Waals surface area contributed by atoms with Gasteiger partial charge in [-0.05, 0) is 25.0 Å². The summed E-state index contributed by atoms with van der Waals surface area (Å²) >= 11 is 0. The van der Waals surface area contributed by atoms with Gasteiger partial charge in [-0.2, -0.15) is 0 Å². The number of nitrogens with one attached hydrogen (secondary N) is 1. The van der Waals surface area contributed by atoms with Crippen molar-refractivity contribution >= 4 is 29.9 Å². The summed E-state index contributed by atoms with van der Waals surface area (Å²) in [4.78, 5) is 6.72. The molecule has 0 aromatic heterocycles. The Balaban J connectivity index is 0.00000625. The highest BCUT2D eigenvalue weighted by Crippen LogP contribution is 2.25. The topological polar surface area (TPSA) is 55.3 Å². The second kappa shape index (κ2) is 13.9. The number of guanidine groups is 1. The van der Waals surface area contributed by atoms with Gasteiger partial charge in [0, 0.05) is 38.4 Å². The highest BCUT2D eigenvalue weighted by Gasteiger charge is 2.11. The molecule has 1 rings (SSSR count). The zero-order valence-corrected chi connectivity index (χ0v) is 19.2. The second-order valence-electron chi connectivity index (χ2n) is 6.24. The molecule has 0 atom stereocenters. The first-order valence-corrected chi connectivity index (χ1v) is 8.79. The first kappa shape index (κ1) is 24.8. The molecule has 0 bridgehead atoms. The van der Waals surface area contributed by atoms with Crippen molar-refractivity contribution < 1.29 is 14.2 Å². The van der Waals surface area contributed by atoms with Crippen molar-refractivity contribution in [3.8, 4) is 11.5 Å². The van der Waals surface area contributed by atoms with Crippen molar-refractivity contribution in [2.75, 3.05) is 47.6 Å². The van der Waals surface area contributed by atoms with Crippen molar-refractivity contribution in [3.05, 3.63) is 23.8 Å². The third-order valence-electron chi connectivity index (χ3n) is 3.55. The smallest absolute Gasteiger partial charge is 0.194 e. The minimum atomic E-state index is 0. The lowest BCUT2D eigenvalue weighted by molar-refractivity contribution is 0.116. The van der Waals surface area contributed by atoms with Gasteiger partial charge in [0.25, 0.3) is 0 Å². The number of ether oxygens (including phenoxy) is 3. The van der Waals surface area contributed by atoms with E-state index in [-0.39, 0.29) is 24.0 Å². The molecule has 0 saturated carbocycles. The number of nitrogens with zero attached hydrogens (tertiary/aromatic N) is 2. The predicted molar refractivity (Wildman–Crippen MR) is 118 cm³/mol. The molecule has 0 saturated heterocycles. The largest absolute Gasteiger partial charge is 0.497 e. The van der Waals surface area contributed by atoms with Crippen LogP contribution in [0, 0.1) is 5.92 Å². The Bertz CT molecular complexity index is 539. The van der Waals surface area contributed by atoms with E-state index in [1.807, 2.05) is 25.2 Å². The Labute approximate surface area is 175 Å². The minimum Gasteiger partial charge on any atom is -0.497 e. The van der Waals surface area contributed by atoms with Crippen LogP contribution in [0.2, 0.25) is 0 Å². The van der Waals surface area contributed by atoms with E-state index in [0.29, 0.717) is 25.6 Å².